The number of hydrazone groups is 1. The first-order valence-corrected chi connectivity index (χ1v) is 16.4. The van der Waals surface area contributed by atoms with Crippen LogP contribution in [0.5, 0.6) is 0 Å². The lowest BCUT2D eigenvalue weighted by Crippen LogP contribution is -2.30. The van der Waals surface area contributed by atoms with Gasteiger partial charge in [0.1, 0.15) is 16.7 Å². The van der Waals surface area contributed by atoms with Crippen molar-refractivity contribution in [2.75, 3.05) is 11.1 Å². The Labute approximate surface area is 287 Å². The Morgan fingerprint density at radius 3 is 2.40 bits per heavy atom. The van der Waals surface area contributed by atoms with E-state index in [0.717, 1.165) is 39.6 Å². The fourth-order valence-corrected chi connectivity index (χ4v) is 7.16. The number of nitrogen functional groups attached to an aromatic ring is 1. The fraction of sp³-hybridized carbons (Fsp3) is 0.125. The van der Waals surface area contributed by atoms with Crippen LogP contribution in [-0.4, -0.2) is 26.0 Å². The molecule has 1 aliphatic carbocycles. The van der Waals surface area contributed by atoms with E-state index in [1.807, 2.05) is 42.5 Å². The number of H-pyrrole nitrogens is 1. The molecule has 15 heteroatoms. The molecular weight excluding hydrogens is 677 g/mol. The number of hydrogen-bond acceptors (Lipinski definition) is 9. The maximum absolute atomic E-state index is 13.2. The number of rotatable bonds is 6. The van der Waals surface area contributed by atoms with E-state index in [4.69, 9.17) is 41.2 Å². The molecule has 2 aromatic heterocycles. The summed E-state index contributed by atoms with van der Waals surface area (Å²) in [5.41, 5.74) is 13.7. The molecule has 236 valence electrons. The third kappa shape index (κ3) is 6.05. The number of amides is 1. The summed E-state index contributed by atoms with van der Waals surface area (Å²) in [6.45, 7) is 0. The molecule has 0 radical (unpaired) electrons. The second-order valence-electron chi connectivity index (χ2n) is 10.8. The summed E-state index contributed by atoms with van der Waals surface area (Å²) in [5, 5.41) is 20.6. The van der Waals surface area contributed by atoms with Crippen LogP contribution in [0.2, 0.25) is 10.0 Å². The fourth-order valence-electron chi connectivity index (χ4n) is 5.65. The molecule has 0 saturated carbocycles. The number of benzene rings is 3. The number of fused-ring (bicyclic) bond motifs is 1. The second kappa shape index (κ2) is 12.8. The van der Waals surface area contributed by atoms with Gasteiger partial charge < -0.3 is 11.1 Å². The van der Waals surface area contributed by atoms with Crippen LogP contribution in [0.1, 0.15) is 40.5 Å². The van der Waals surface area contributed by atoms with Crippen LogP contribution in [0, 0.1) is 3.95 Å². The Hall–Kier alpha value is -4.82. The van der Waals surface area contributed by atoms with Crippen molar-refractivity contribution in [3.8, 4) is 5.69 Å². The van der Waals surface area contributed by atoms with Gasteiger partial charge in [-0.05, 0) is 84.7 Å². The van der Waals surface area contributed by atoms with E-state index in [1.165, 1.54) is 0 Å². The molecule has 7 rings (SSSR count). The molecule has 1 aliphatic heterocycles. The van der Waals surface area contributed by atoms with Gasteiger partial charge in [-0.1, -0.05) is 64.9 Å². The summed E-state index contributed by atoms with van der Waals surface area (Å²) in [6, 6.07) is 23.3. The predicted molar refractivity (Wildman–Crippen MR) is 189 cm³/mol. The van der Waals surface area contributed by atoms with Crippen LogP contribution >= 0.6 is 46.8 Å². The van der Waals surface area contributed by atoms with Crippen LogP contribution in [0.15, 0.2) is 110 Å². The van der Waals surface area contributed by atoms with Gasteiger partial charge in [0.05, 0.1) is 5.69 Å². The lowest BCUT2D eigenvalue weighted by atomic mass is 9.85. The zero-order valence-corrected chi connectivity index (χ0v) is 27.6. The van der Waals surface area contributed by atoms with E-state index in [9.17, 15) is 9.59 Å². The van der Waals surface area contributed by atoms with Crippen molar-refractivity contribution in [2.45, 2.75) is 25.3 Å². The molecule has 1 amide bonds. The van der Waals surface area contributed by atoms with Gasteiger partial charge in [0.25, 0.3) is 11.5 Å². The molecule has 0 spiro atoms. The van der Waals surface area contributed by atoms with E-state index in [1.54, 1.807) is 45.6 Å². The number of nitrogens with two attached hydrogens (primary N) is 1. The third-order valence-corrected chi connectivity index (χ3v) is 9.76. The topological polar surface area (TPSA) is 147 Å². The molecule has 2 aliphatic rings. The van der Waals surface area contributed by atoms with Crippen LogP contribution in [0.3, 0.4) is 0 Å². The Kier molecular flexibility index (Phi) is 8.37. The van der Waals surface area contributed by atoms with Gasteiger partial charge in [-0.15, -0.1) is 5.11 Å². The van der Waals surface area contributed by atoms with Crippen LogP contribution in [0.25, 0.3) is 5.69 Å². The molecule has 47 heavy (non-hydrogen) atoms. The SMILES string of the molecule is Nc1c(C(=O)NN=C2CCC3=C(C2)C(c2ccc(Cl)cc2)n2[nH]c(=O)c(N=Nc4ccc(Cl)cc4)c2N3)sc(=S)n1-c1ccccc1. The zero-order chi connectivity index (χ0) is 32.7. The normalized spacial score (nSPS) is 16.6. The van der Waals surface area contributed by atoms with Crippen molar-refractivity contribution in [2.24, 2.45) is 15.3 Å². The number of aromatic nitrogens is 3. The molecule has 0 fully saturated rings. The Balaban J connectivity index is 1.18. The van der Waals surface area contributed by atoms with Gasteiger partial charge in [0, 0.05) is 33.6 Å². The highest BCUT2D eigenvalue weighted by atomic mass is 35.5. The number of thiazole rings is 1. The number of nitrogens with one attached hydrogen (secondary N) is 3. The number of nitrogens with zero attached hydrogens (tertiary/aromatic N) is 5. The average Bonchev–Trinajstić information content (AvgIpc) is 3.56. The largest absolute Gasteiger partial charge is 0.383 e. The summed E-state index contributed by atoms with van der Waals surface area (Å²) in [4.78, 5) is 26.7. The van der Waals surface area contributed by atoms with Crippen LogP contribution in [-0.2, 0) is 0 Å². The highest BCUT2D eigenvalue weighted by Crippen LogP contribution is 2.43. The number of hydrogen-bond donors (Lipinski definition) is 4. The molecule has 1 unspecified atom stereocenters. The first kappa shape index (κ1) is 30.8. The molecule has 0 saturated heterocycles. The smallest absolute Gasteiger partial charge is 0.294 e. The van der Waals surface area contributed by atoms with Gasteiger partial charge in [0.15, 0.2) is 15.5 Å². The molecule has 11 nitrogen and oxygen atoms in total. The summed E-state index contributed by atoms with van der Waals surface area (Å²) >= 11 is 18.9. The molecule has 3 aromatic carbocycles. The van der Waals surface area contributed by atoms with E-state index >= 15 is 0 Å². The van der Waals surface area contributed by atoms with Gasteiger partial charge in [-0.25, -0.2) is 5.43 Å². The highest BCUT2D eigenvalue weighted by molar-refractivity contribution is 7.73. The number of halogens is 2. The molecule has 3 heterocycles. The number of anilines is 2. The lowest BCUT2D eigenvalue weighted by Gasteiger charge is -2.35. The highest BCUT2D eigenvalue weighted by Gasteiger charge is 2.35. The van der Waals surface area contributed by atoms with E-state index in [2.05, 4.69) is 31.2 Å². The number of para-hydroxylation sites is 1. The molecule has 5 aromatic rings. The Morgan fingerprint density at radius 2 is 1.68 bits per heavy atom. The zero-order valence-electron chi connectivity index (χ0n) is 24.4. The molecule has 5 N–H and O–H groups in total. The maximum atomic E-state index is 13.2. The van der Waals surface area contributed by atoms with Gasteiger partial charge in [-0.2, -0.15) is 10.2 Å². The van der Waals surface area contributed by atoms with Crippen molar-refractivity contribution < 1.29 is 4.79 Å². The Bertz CT molecular complexity index is 2220. The van der Waals surface area contributed by atoms with Crippen molar-refractivity contribution in [3.05, 3.63) is 125 Å². The second-order valence-corrected chi connectivity index (χ2v) is 13.3. The Morgan fingerprint density at radius 1 is 0.979 bits per heavy atom. The van der Waals surface area contributed by atoms with Crippen molar-refractivity contribution in [3.63, 3.8) is 0 Å². The third-order valence-electron chi connectivity index (χ3n) is 7.87. The van der Waals surface area contributed by atoms with Gasteiger partial charge in [-0.3, -0.25) is 23.9 Å². The van der Waals surface area contributed by atoms with E-state index < -0.39 is 17.5 Å². The van der Waals surface area contributed by atoms with E-state index in [0.29, 0.717) is 44.8 Å². The molecule has 0 bridgehead atoms. The van der Waals surface area contributed by atoms with E-state index in [-0.39, 0.29) is 16.4 Å². The summed E-state index contributed by atoms with van der Waals surface area (Å²) in [6.07, 6.45) is 1.60. The minimum absolute atomic E-state index is 0.152. The number of azo groups is 1. The molecular formula is C32H25Cl2N9O2S2. The summed E-state index contributed by atoms with van der Waals surface area (Å²) in [7, 11) is 0. The lowest BCUT2D eigenvalue weighted by molar-refractivity contribution is 0.0959. The predicted octanol–water partition coefficient (Wildman–Crippen LogP) is 8.30. The summed E-state index contributed by atoms with van der Waals surface area (Å²) < 4.78 is 3.88. The number of carbonyl (C=O) groups excluding carboxylic acids is 1. The quantitative estimate of drug-likeness (QED) is 0.0799. The first-order valence-electron chi connectivity index (χ1n) is 14.5. The first-order chi connectivity index (χ1) is 22.8. The minimum Gasteiger partial charge on any atom is -0.383 e. The van der Waals surface area contributed by atoms with Gasteiger partial charge in [0.2, 0.25) is 0 Å². The van der Waals surface area contributed by atoms with Crippen LogP contribution < -0.4 is 22.0 Å². The standard InChI is InChI=1S/C32H25Cl2N9O2S2/c33-18-8-6-17(7-9-18)26-23-16-21(38-40-31(45)27-28(35)42(32(46)47-27)22-4-2-1-3-5-22)14-15-24(23)36-29-25(30(44)41-43(26)29)39-37-20-12-10-19(34)11-13-20/h1-13,26,36H,14-16,35H2,(H,40,45)(H,41,44). The monoisotopic (exact) mass is 701 g/mol. The number of allylic oxidation sites excluding steroid dienone is 2. The number of aromatic amines is 1. The molecule has 1 atom stereocenters. The van der Waals surface area contributed by atoms with Crippen molar-refractivity contribution >= 4 is 81.4 Å². The average molecular weight is 703 g/mol. The van der Waals surface area contributed by atoms with Crippen molar-refractivity contribution in [1.29, 1.82) is 0 Å². The van der Waals surface area contributed by atoms with Crippen LogP contribution in [0.4, 0.5) is 23.0 Å². The minimum atomic E-state index is -0.440. The maximum Gasteiger partial charge on any atom is 0.294 e. The number of carbonyl (C=O) groups is 1. The van der Waals surface area contributed by atoms with Crippen molar-refractivity contribution in [1.82, 2.24) is 19.8 Å². The summed E-state index contributed by atoms with van der Waals surface area (Å²) in [5.74, 6) is 0.314. The van der Waals surface area contributed by atoms with Gasteiger partial charge >= 0.3 is 0 Å².